The molecule has 0 aliphatic carbocycles. The lowest BCUT2D eigenvalue weighted by molar-refractivity contribution is -0.131. The summed E-state index contributed by atoms with van der Waals surface area (Å²) in [6.07, 6.45) is 3.26. The maximum absolute atomic E-state index is 12.1. The van der Waals surface area contributed by atoms with Gasteiger partial charge >= 0.3 is 5.97 Å². The highest BCUT2D eigenvalue weighted by Gasteiger charge is 2.35. The summed E-state index contributed by atoms with van der Waals surface area (Å²) in [5, 5.41) is 13.1. The summed E-state index contributed by atoms with van der Waals surface area (Å²) >= 11 is 1.32. The molecule has 2 N–H and O–H groups in total. The molecule has 2 heterocycles. The topological polar surface area (TPSA) is 84.9 Å². The lowest BCUT2D eigenvalue weighted by atomic mass is 10.0. The first-order valence-electron chi connectivity index (χ1n) is 6.45. The van der Waals surface area contributed by atoms with Crippen molar-refractivity contribution in [1.82, 2.24) is 5.32 Å². The van der Waals surface area contributed by atoms with E-state index in [1.807, 2.05) is 0 Å². The zero-order valence-corrected chi connectivity index (χ0v) is 12.4. The number of methoxy groups -OCH3 is 1. The van der Waals surface area contributed by atoms with Gasteiger partial charge in [0, 0.05) is 43.0 Å². The molecule has 1 atom stereocenters. The molecular formula is C14H17NO5S. The molecule has 114 valence electrons. The molecule has 0 aromatic carbocycles. The molecule has 0 saturated carbocycles. The number of carbonyl (C=O) groups excluding carboxylic acids is 1. The SMILES string of the molecule is COC1(CNC(=O)c2csc(/C=C/C(=O)O)c2)CCOC1. The van der Waals surface area contributed by atoms with Crippen molar-refractivity contribution in [3.63, 3.8) is 0 Å². The Morgan fingerprint density at radius 2 is 2.43 bits per heavy atom. The number of carboxylic acids is 1. The van der Waals surface area contributed by atoms with Gasteiger partial charge in [-0.05, 0) is 12.1 Å². The normalized spacial score (nSPS) is 21.8. The average Bonchev–Trinajstić information content (AvgIpc) is 3.12. The standard InChI is InChI=1S/C14H17NO5S/c1-19-14(4-5-20-9-14)8-15-13(18)10-6-11(21-7-10)2-3-12(16)17/h2-3,6-7H,4-5,8-9H2,1H3,(H,15,18)(H,16,17)/b3-2+. The minimum atomic E-state index is -1.02. The van der Waals surface area contributed by atoms with Gasteiger partial charge in [-0.15, -0.1) is 11.3 Å². The van der Waals surface area contributed by atoms with Crippen molar-refractivity contribution in [1.29, 1.82) is 0 Å². The Morgan fingerprint density at radius 1 is 1.62 bits per heavy atom. The lowest BCUT2D eigenvalue weighted by Gasteiger charge is -2.25. The number of carboxylic acid groups (broad SMARTS) is 1. The summed E-state index contributed by atoms with van der Waals surface area (Å²) in [6.45, 7) is 1.49. The van der Waals surface area contributed by atoms with Crippen molar-refractivity contribution in [2.75, 3.05) is 26.9 Å². The molecule has 1 amide bonds. The number of carbonyl (C=O) groups is 2. The Hall–Kier alpha value is -1.70. The predicted molar refractivity (Wildman–Crippen MR) is 78.5 cm³/mol. The summed E-state index contributed by atoms with van der Waals surface area (Å²) in [5.74, 6) is -1.22. The van der Waals surface area contributed by atoms with Crippen molar-refractivity contribution in [3.05, 3.63) is 28.0 Å². The van der Waals surface area contributed by atoms with Gasteiger partial charge in [0.2, 0.25) is 0 Å². The van der Waals surface area contributed by atoms with Crippen LogP contribution in [0.3, 0.4) is 0 Å². The smallest absolute Gasteiger partial charge is 0.328 e. The second-order valence-electron chi connectivity index (χ2n) is 4.78. The van der Waals surface area contributed by atoms with Crippen molar-refractivity contribution < 1.29 is 24.2 Å². The molecule has 1 unspecified atom stereocenters. The lowest BCUT2D eigenvalue weighted by Crippen LogP contribution is -2.44. The molecule has 6 nitrogen and oxygen atoms in total. The molecule has 0 bridgehead atoms. The predicted octanol–water partition coefficient (Wildman–Crippen LogP) is 1.38. The van der Waals surface area contributed by atoms with E-state index < -0.39 is 11.6 Å². The summed E-state index contributed by atoms with van der Waals surface area (Å²) < 4.78 is 10.8. The first kappa shape index (κ1) is 15.7. The zero-order chi connectivity index (χ0) is 15.3. The maximum atomic E-state index is 12.1. The Kier molecular flexibility index (Phi) is 5.11. The third-order valence-electron chi connectivity index (χ3n) is 3.34. The van der Waals surface area contributed by atoms with Crippen LogP contribution in [0.5, 0.6) is 0 Å². The van der Waals surface area contributed by atoms with E-state index in [0.29, 0.717) is 30.2 Å². The number of amides is 1. The van der Waals surface area contributed by atoms with E-state index in [0.717, 1.165) is 12.5 Å². The zero-order valence-electron chi connectivity index (χ0n) is 11.6. The highest BCUT2D eigenvalue weighted by atomic mass is 32.1. The van der Waals surface area contributed by atoms with Crippen molar-refractivity contribution in [3.8, 4) is 0 Å². The number of rotatable bonds is 6. The fraction of sp³-hybridized carbons (Fsp3) is 0.429. The van der Waals surface area contributed by atoms with Gasteiger partial charge in [-0.25, -0.2) is 4.79 Å². The second kappa shape index (κ2) is 6.84. The first-order chi connectivity index (χ1) is 10.0. The van der Waals surface area contributed by atoms with Crippen LogP contribution in [0, 0.1) is 0 Å². The van der Waals surface area contributed by atoms with Gasteiger partial charge in [0.05, 0.1) is 12.2 Å². The van der Waals surface area contributed by atoms with Crippen LogP contribution in [0.25, 0.3) is 6.08 Å². The number of hydrogen-bond acceptors (Lipinski definition) is 5. The van der Waals surface area contributed by atoms with Crippen LogP contribution < -0.4 is 5.32 Å². The quantitative estimate of drug-likeness (QED) is 0.775. The molecule has 1 saturated heterocycles. The molecule has 1 aromatic rings. The number of ether oxygens (including phenoxy) is 2. The van der Waals surface area contributed by atoms with Crippen LogP contribution in [0.1, 0.15) is 21.7 Å². The van der Waals surface area contributed by atoms with Crippen molar-refractivity contribution in [2.45, 2.75) is 12.0 Å². The van der Waals surface area contributed by atoms with Crippen LogP contribution in [0.4, 0.5) is 0 Å². The number of thiophene rings is 1. The fourth-order valence-electron chi connectivity index (χ4n) is 2.02. The van der Waals surface area contributed by atoms with Crippen LogP contribution in [-0.2, 0) is 14.3 Å². The number of hydrogen-bond donors (Lipinski definition) is 2. The third-order valence-corrected chi connectivity index (χ3v) is 4.24. The van der Waals surface area contributed by atoms with Crippen LogP contribution >= 0.6 is 11.3 Å². The van der Waals surface area contributed by atoms with Gasteiger partial charge in [0.25, 0.3) is 5.91 Å². The van der Waals surface area contributed by atoms with E-state index in [1.165, 1.54) is 17.4 Å². The molecule has 2 rings (SSSR count). The highest BCUT2D eigenvalue weighted by Crippen LogP contribution is 2.22. The molecule has 1 aliphatic heterocycles. The number of nitrogens with one attached hydrogen (secondary N) is 1. The van der Waals surface area contributed by atoms with Gasteiger partial charge in [-0.1, -0.05) is 0 Å². The van der Waals surface area contributed by atoms with Crippen molar-refractivity contribution in [2.24, 2.45) is 0 Å². The van der Waals surface area contributed by atoms with E-state index in [1.54, 1.807) is 18.6 Å². The molecule has 1 aromatic heterocycles. The minimum Gasteiger partial charge on any atom is -0.478 e. The molecule has 21 heavy (non-hydrogen) atoms. The molecule has 1 fully saturated rings. The van der Waals surface area contributed by atoms with Crippen LogP contribution in [-0.4, -0.2) is 49.5 Å². The van der Waals surface area contributed by atoms with Crippen LogP contribution in [0.2, 0.25) is 0 Å². The van der Waals surface area contributed by atoms with Gasteiger partial charge in [0.1, 0.15) is 5.60 Å². The second-order valence-corrected chi connectivity index (χ2v) is 5.72. The third kappa shape index (κ3) is 4.13. The minimum absolute atomic E-state index is 0.204. The van der Waals surface area contributed by atoms with E-state index in [4.69, 9.17) is 14.6 Å². The van der Waals surface area contributed by atoms with Gasteiger partial charge in [0.15, 0.2) is 0 Å². The van der Waals surface area contributed by atoms with Gasteiger partial charge in [-0.3, -0.25) is 4.79 Å². The van der Waals surface area contributed by atoms with E-state index in [2.05, 4.69) is 5.32 Å². The summed E-state index contributed by atoms with van der Waals surface area (Å²) in [4.78, 5) is 23.2. The van der Waals surface area contributed by atoms with E-state index in [9.17, 15) is 9.59 Å². The molecular weight excluding hydrogens is 294 g/mol. The van der Waals surface area contributed by atoms with Gasteiger partial charge < -0.3 is 19.9 Å². The fourth-order valence-corrected chi connectivity index (χ4v) is 2.80. The average molecular weight is 311 g/mol. The maximum Gasteiger partial charge on any atom is 0.328 e. The molecule has 7 heteroatoms. The van der Waals surface area contributed by atoms with E-state index >= 15 is 0 Å². The largest absolute Gasteiger partial charge is 0.478 e. The Labute approximate surface area is 126 Å². The summed E-state index contributed by atoms with van der Waals surface area (Å²) in [7, 11) is 1.61. The van der Waals surface area contributed by atoms with Crippen LogP contribution in [0.15, 0.2) is 17.5 Å². The Balaban J connectivity index is 1.93. The Morgan fingerprint density at radius 3 is 3.05 bits per heavy atom. The summed E-state index contributed by atoms with van der Waals surface area (Å²) in [5.41, 5.74) is 0.0627. The van der Waals surface area contributed by atoms with Crippen molar-refractivity contribution >= 4 is 29.3 Å². The summed E-state index contributed by atoms with van der Waals surface area (Å²) in [6, 6.07) is 1.66. The molecule has 0 spiro atoms. The highest BCUT2D eigenvalue weighted by molar-refractivity contribution is 7.11. The Bertz CT molecular complexity index is 545. The first-order valence-corrected chi connectivity index (χ1v) is 7.33. The molecule has 1 aliphatic rings. The monoisotopic (exact) mass is 311 g/mol. The van der Waals surface area contributed by atoms with Gasteiger partial charge in [-0.2, -0.15) is 0 Å². The van der Waals surface area contributed by atoms with E-state index in [-0.39, 0.29) is 5.91 Å². The number of aliphatic carboxylic acids is 1. The molecule has 0 radical (unpaired) electrons.